The van der Waals surface area contributed by atoms with Crippen molar-refractivity contribution in [3.8, 4) is 0 Å². The largest absolute Gasteiger partial charge is 0.325 e. The van der Waals surface area contributed by atoms with Gasteiger partial charge in [-0.25, -0.2) is 0 Å². The van der Waals surface area contributed by atoms with Crippen LogP contribution in [0.3, 0.4) is 0 Å². The van der Waals surface area contributed by atoms with Crippen LogP contribution in [0.2, 0.25) is 5.02 Å². The highest BCUT2D eigenvalue weighted by Crippen LogP contribution is 2.19. The minimum Gasteiger partial charge on any atom is -0.325 e. The molecule has 0 atom stereocenters. The minimum atomic E-state index is -0.0477. The highest BCUT2D eigenvalue weighted by molar-refractivity contribution is 6.30. The number of halogens is 1. The maximum atomic E-state index is 11.9. The van der Waals surface area contributed by atoms with E-state index in [0.29, 0.717) is 11.6 Å². The van der Waals surface area contributed by atoms with E-state index in [4.69, 9.17) is 11.6 Å². The molecule has 0 bridgehead atoms. The normalized spacial score (nSPS) is 10.4. The first kappa shape index (κ1) is 15.5. The molecule has 0 unspecified atom stereocenters. The first-order chi connectivity index (χ1) is 10.1. The lowest BCUT2D eigenvalue weighted by Gasteiger charge is -2.09. The fourth-order valence-corrected chi connectivity index (χ4v) is 2.27. The number of amides is 1. The monoisotopic (exact) mass is 302 g/mol. The zero-order valence-corrected chi connectivity index (χ0v) is 12.8. The Hall–Kier alpha value is -1.84. The van der Waals surface area contributed by atoms with Gasteiger partial charge in [-0.15, -0.1) is 0 Å². The van der Waals surface area contributed by atoms with Crippen LogP contribution in [0.15, 0.2) is 48.5 Å². The van der Waals surface area contributed by atoms with Gasteiger partial charge in [-0.05, 0) is 49.2 Å². The average Bonchev–Trinajstić information content (AvgIpc) is 2.48. The van der Waals surface area contributed by atoms with Gasteiger partial charge in [0.25, 0.3) is 0 Å². The Kier molecular flexibility index (Phi) is 5.78. The van der Waals surface area contributed by atoms with E-state index in [0.717, 1.165) is 24.2 Å². The smallest absolute Gasteiger partial charge is 0.238 e. The van der Waals surface area contributed by atoms with Gasteiger partial charge in [0.15, 0.2) is 0 Å². The maximum Gasteiger partial charge on any atom is 0.238 e. The van der Waals surface area contributed by atoms with E-state index in [1.165, 1.54) is 5.56 Å². The van der Waals surface area contributed by atoms with Crippen LogP contribution in [0.25, 0.3) is 0 Å². The number of rotatable bonds is 6. The summed E-state index contributed by atoms with van der Waals surface area (Å²) in [5.41, 5.74) is 3.02. The lowest BCUT2D eigenvalue weighted by atomic mass is 10.1. The van der Waals surface area contributed by atoms with Crippen molar-refractivity contribution >= 4 is 23.2 Å². The molecule has 2 rings (SSSR count). The van der Waals surface area contributed by atoms with Crippen molar-refractivity contribution in [3.05, 3.63) is 64.7 Å². The summed E-state index contributed by atoms with van der Waals surface area (Å²) >= 11 is 5.89. The van der Waals surface area contributed by atoms with Crippen LogP contribution in [0.5, 0.6) is 0 Å². The molecule has 3 nitrogen and oxygen atoms in total. The molecule has 110 valence electrons. The third-order valence-electron chi connectivity index (χ3n) is 3.18. The molecule has 0 radical (unpaired) electrons. The quantitative estimate of drug-likeness (QED) is 0.803. The van der Waals surface area contributed by atoms with E-state index in [1.807, 2.05) is 37.3 Å². The molecule has 2 aromatic carbocycles. The van der Waals surface area contributed by atoms with Gasteiger partial charge in [-0.2, -0.15) is 0 Å². The molecular formula is C17H19ClN2O. The molecule has 0 saturated heterocycles. The van der Waals surface area contributed by atoms with Gasteiger partial charge in [0.1, 0.15) is 0 Å². The van der Waals surface area contributed by atoms with Gasteiger partial charge in [0, 0.05) is 10.7 Å². The van der Waals surface area contributed by atoms with Crippen LogP contribution >= 0.6 is 11.6 Å². The number of carbonyl (C=O) groups excluding carboxylic acids is 1. The molecule has 0 heterocycles. The second-order valence-electron chi connectivity index (χ2n) is 4.92. The Morgan fingerprint density at radius 3 is 2.62 bits per heavy atom. The summed E-state index contributed by atoms with van der Waals surface area (Å²) in [6, 6.07) is 15.6. The first-order valence-corrected chi connectivity index (χ1v) is 7.33. The highest BCUT2D eigenvalue weighted by Gasteiger charge is 2.04. The van der Waals surface area contributed by atoms with Crippen LogP contribution < -0.4 is 10.6 Å². The second-order valence-corrected chi connectivity index (χ2v) is 5.36. The predicted molar refractivity (Wildman–Crippen MR) is 87.8 cm³/mol. The number of benzene rings is 2. The molecule has 0 fully saturated rings. The molecule has 0 spiro atoms. The Labute approximate surface area is 130 Å². The number of hydrogen-bond donors (Lipinski definition) is 2. The molecule has 0 aliphatic rings. The fraction of sp³-hybridized carbons (Fsp3) is 0.235. The van der Waals surface area contributed by atoms with Crippen LogP contribution in [0.1, 0.15) is 11.1 Å². The van der Waals surface area contributed by atoms with E-state index >= 15 is 0 Å². The fourth-order valence-electron chi connectivity index (χ4n) is 2.04. The average molecular weight is 303 g/mol. The number of nitrogens with one attached hydrogen (secondary N) is 2. The molecule has 4 heteroatoms. The number of aryl methyl sites for hydroxylation is 1. The van der Waals surface area contributed by atoms with Crippen molar-refractivity contribution < 1.29 is 4.79 Å². The van der Waals surface area contributed by atoms with Gasteiger partial charge in [0.05, 0.1) is 6.54 Å². The number of anilines is 1. The Bertz CT molecular complexity index is 599. The van der Waals surface area contributed by atoms with Crippen molar-refractivity contribution in [2.75, 3.05) is 18.4 Å². The highest BCUT2D eigenvalue weighted by atomic mass is 35.5. The topological polar surface area (TPSA) is 41.1 Å². The predicted octanol–water partition coefficient (Wildman–Crippen LogP) is 3.42. The minimum absolute atomic E-state index is 0.0477. The second kappa shape index (κ2) is 7.81. The molecule has 0 saturated carbocycles. The third kappa shape index (κ3) is 5.21. The van der Waals surface area contributed by atoms with Crippen LogP contribution in [0.4, 0.5) is 5.69 Å². The van der Waals surface area contributed by atoms with E-state index in [2.05, 4.69) is 22.8 Å². The van der Waals surface area contributed by atoms with Crippen molar-refractivity contribution in [1.82, 2.24) is 5.32 Å². The summed E-state index contributed by atoms with van der Waals surface area (Å²) in [4.78, 5) is 11.9. The van der Waals surface area contributed by atoms with Gasteiger partial charge in [0.2, 0.25) is 5.91 Å². The summed E-state index contributed by atoms with van der Waals surface area (Å²) < 4.78 is 0. The van der Waals surface area contributed by atoms with Gasteiger partial charge in [-0.3, -0.25) is 4.79 Å². The van der Waals surface area contributed by atoms with Crippen molar-refractivity contribution in [2.45, 2.75) is 13.3 Å². The summed E-state index contributed by atoms with van der Waals surface area (Å²) in [5.74, 6) is -0.0477. The number of hydrogen-bond acceptors (Lipinski definition) is 2. The standard InChI is InChI=1S/C17H19ClN2O/c1-13-11-15(18)7-8-16(13)20-17(21)12-19-10-9-14-5-3-2-4-6-14/h2-8,11,19H,9-10,12H2,1H3,(H,20,21). The van der Waals surface area contributed by atoms with Crippen molar-refractivity contribution in [3.63, 3.8) is 0 Å². The van der Waals surface area contributed by atoms with Gasteiger partial charge >= 0.3 is 0 Å². The van der Waals surface area contributed by atoms with Crippen LogP contribution in [0, 0.1) is 6.92 Å². The third-order valence-corrected chi connectivity index (χ3v) is 3.42. The zero-order chi connectivity index (χ0) is 15.1. The summed E-state index contributed by atoms with van der Waals surface area (Å²) in [7, 11) is 0. The summed E-state index contributed by atoms with van der Waals surface area (Å²) in [6.45, 7) is 3.00. The molecule has 0 aliphatic heterocycles. The molecule has 2 aromatic rings. The SMILES string of the molecule is Cc1cc(Cl)ccc1NC(=O)CNCCc1ccccc1. The van der Waals surface area contributed by atoms with E-state index in [-0.39, 0.29) is 5.91 Å². The molecule has 2 N–H and O–H groups in total. The molecular weight excluding hydrogens is 284 g/mol. The first-order valence-electron chi connectivity index (χ1n) is 6.96. The summed E-state index contributed by atoms with van der Waals surface area (Å²) in [5, 5.41) is 6.70. The van der Waals surface area contributed by atoms with E-state index in [9.17, 15) is 4.79 Å². The molecule has 0 aliphatic carbocycles. The molecule has 0 aromatic heterocycles. The Balaban J connectivity index is 1.72. The maximum absolute atomic E-state index is 11.9. The number of carbonyl (C=O) groups is 1. The lowest BCUT2D eigenvalue weighted by molar-refractivity contribution is -0.115. The van der Waals surface area contributed by atoms with E-state index in [1.54, 1.807) is 6.07 Å². The van der Waals surface area contributed by atoms with Gasteiger partial charge < -0.3 is 10.6 Å². The molecule has 1 amide bonds. The lowest BCUT2D eigenvalue weighted by Crippen LogP contribution is -2.29. The summed E-state index contributed by atoms with van der Waals surface area (Å²) in [6.07, 6.45) is 0.911. The van der Waals surface area contributed by atoms with Crippen LogP contribution in [-0.4, -0.2) is 19.0 Å². The van der Waals surface area contributed by atoms with Crippen molar-refractivity contribution in [1.29, 1.82) is 0 Å². The molecule has 21 heavy (non-hydrogen) atoms. The Morgan fingerprint density at radius 2 is 1.90 bits per heavy atom. The van der Waals surface area contributed by atoms with Crippen molar-refractivity contribution in [2.24, 2.45) is 0 Å². The van der Waals surface area contributed by atoms with Gasteiger partial charge in [-0.1, -0.05) is 41.9 Å². The zero-order valence-electron chi connectivity index (χ0n) is 12.0. The van der Waals surface area contributed by atoms with Crippen LogP contribution in [-0.2, 0) is 11.2 Å². The van der Waals surface area contributed by atoms with E-state index < -0.39 is 0 Å². The Morgan fingerprint density at radius 1 is 1.14 bits per heavy atom.